The van der Waals surface area contributed by atoms with E-state index in [0.717, 1.165) is 0 Å². The Balaban J connectivity index is -0.000000616. The van der Waals surface area contributed by atoms with Gasteiger partial charge in [-0.3, -0.25) is 4.21 Å². The zero-order chi connectivity index (χ0) is 13.4. The van der Waals surface area contributed by atoms with E-state index in [1.54, 1.807) is 0 Å². The van der Waals surface area contributed by atoms with Gasteiger partial charge in [-0.25, -0.2) is 0 Å². The van der Waals surface area contributed by atoms with Crippen LogP contribution in [0.4, 0.5) is 26.3 Å². The van der Waals surface area contributed by atoms with Crippen molar-refractivity contribution < 1.29 is 30.6 Å². The highest BCUT2D eigenvalue weighted by Gasteiger charge is 2.30. The molecule has 2 N–H and O–H groups in total. The fourth-order valence-electron chi connectivity index (χ4n) is 0.561. The molecule has 2 nitrogen and oxygen atoms in total. The number of halogens is 6. The van der Waals surface area contributed by atoms with E-state index in [9.17, 15) is 30.6 Å². The molecule has 0 aromatic heterocycles. The predicted molar refractivity (Wildman–Crippen MR) is 59.7 cm³/mol. The first-order valence-electron chi connectivity index (χ1n) is 4.16. The first kappa shape index (κ1) is 22.2. The summed E-state index contributed by atoms with van der Waals surface area (Å²) >= 11 is 0. The minimum Gasteiger partial charge on any atom is -0.333 e. The summed E-state index contributed by atoms with van der Waals surface area (Å²) in [5.74, 6) is -1.53. The molecule has 0 saturated carbocycles. The fraction of sp³-hybridized carbons (Fsp3) is 1.00. The first-order valence-corrected chi connectivity index (χ1v) is 5.65. The van der Waals surface area contributed by atoms with Crippen molar-refractivity contribution in [1.29, 1.82) is 0 Å². The Hall–Kier alpha value is 0.0400. The van der Waals surface area contributed by atoms with Gasteiger partial charge in [0.25, 0.3) is 0 Å². The second kappa shape index (κ2) is 10.0. The van der Waals surface area contributed by atoms with Crippen molar-refractivity contribution in [2.45, 2.75) is 25.2 Å². The molecule has 108 valence electrons. The summed E-state index contributed by atoms with van der Waals surface area (Å²) in [6.07, 6.45) is -11.5. The maximum Gasteiger partial charge on any atom is 0.390 e. The average molecular weight is 307 g/mol. The smallest absolute Gasteiger partial charge is 0.333 e. The van der Waals surface area contributed by atoms with Crippen LogP contribution in [0.5, 0.6) is 0 Å². The SMILES string of the molecule is CN.O=S(CCC(F)(F)F)CCC(F)(F)F.S. The standard InChI is InChI=1S/C6H8F6OS.CH5N.H2S/c7-5(8,9)1-3-14(13)4-2-6(10,11)12;1-2;/h1-4H2;2H2,1H3;1H2. The highest BCUT2D eigenvalue weighted by molar-refractivity contribution is 7.84. The van der Waals surface area contributed by atoms with Gasteiger partial charge in [0.05, 0.1) is 12.8 Å². The molecule has 0 radical (unpaired) electrons. The monoisotopic (exact) mass is 307 g/mol. The Bertz CT molecular complexity index is 186. The molecule has 0 bridgehead atoms. The molecule has 0 aromatic carbocycles. The molecule has 0 unspecified atom stereocenters. The van der Waals surface area contributed by atoms with Crippen molar-refractivity contribution >= 4 is 24.3 Å². The number of hydrogen-bond acceptors (Lipinski definition) is 2. The average Bonchev–Trinajstić information content (AvgIpc) is 2.12. The molecule has 0 saturated heterocycles. The highest BCUT2D eigenvalue weighted by atomic mass is 32.2. The summed E-state index contributed by atoms with van der Waals surface area (Å²) in [6.45, 7) is 0. The van der Waals surface area contributed by atoms with Crippen molar-refractivity contribution in [3.05, 3.63) is 0 Å². The van der Waals surface area contributed by atoms with Gasteiger partial charge >= 0.3 is 12.4 Å². The Morgan fingerprint density at radius 3 is 1.29 bits per heavy atom. The first-order chi connectivity index (χ1) is 7.10. The van der Waals surface area contributed by atoms with Gasteiger partial charge in [-0.1, -0.05) is 0 Å². The molecule has 0 spiro atoms. The van der Waals surface area contributed by atoms with E-state index in [1.807, 2.05) is 0 Å². The fourth-order valence-corrected chi connectivity index (χ4v) is 1.68. The molecule has 0 aliphatic carbocycles. The molecule has 0 aliphatic rings. The lowest BCUT2D eigenvalue weighted by Gasteiger charge is -2.07. The van der Waals surface area contributed by atoms with Crippen LogP contribution >= 0.6 is 13.5 Å². The zero-order valence-electron chi connectivity index (χ0n) is 8.99. The predicted octanol–water partition coefficient (Wildman–Crippen LogP) is 2.33. The Labute approximate surface area is 105 Å². The third-order valence-corrected chi connectivity index (χ3v) is 2.55. The molecule has 10 heteroatoms. The number of alkyl halides is 6. The van der Waals surface area contributed by atoms with Gasteiger partial charge in [-0.15, -0.1) is 0 Å². The molecule has 0 amide bonds. The van der Waals surface area contributed by atoms with Gasteiger partial charge < -0.3 is 5.73 Å². The molecule has 0 fully saturated rings. The molecule has 0 aromatic rings. The van der Waals surface area contributed by atoms with Gasteiger partial charge in [0.2, 0.25) is 0 Å². The lowest BCUT2D eigenvalue weighted by molar-refractivity contribution is -0.130. The summed E-state index contributed by atoms with van der Waals surface area (Å²) < 4.78 is 79.8. The molecule has 0 atom stereocenters. The van der Waals surface area contributed by atoms with Gasteiger partial charge in [0.1, 0.15) is 0 Å². The van der Waals surface area contributed by atoms with Crippen LogP contribution in [0.25, 0.3) is 0 Å². The summed E-state index contributed by atoms with van der Waals surface area (Å²) in [4.78, 5) is 0. The van der Waals surface area contributed by atoms with E-state index in [2.05, 4.69) is 5.73 Å². The molecular formula is C7H15F6NOS2. The summed E-state index contributed by atoms with van der Waals surface area (Å²) in [6, 6.07) is 0. The lowest BCUT2D eigenvalue weighted by Crippen LogP contribution is -2.17. The van der Waals surface area contributed by atoms with E-state index in [4.69, 9.17) is 0 Å². The maximum absolute atomic E-state index is 11.5. The summed E-state index contributed by atoms with van der Waals surface area (Å²) in [5.41, 5.74) is 4.50. The minimum absolute atomic E-state index is 0. The van der Waals surface area contributed by atoms with Crippen molar-refractivity contribution in [2.75, 3.05) is 18.6 Å². The summed E-state index contributed by atoms with van der Waals surface area (Å²) in [7, 11) is -0.553. The largest absolute Gasteiger partial charge is 0.390 e. The van der Waals surface area contributed by atoms with Crippen LogP contribution in [0, 0.1) is 0 Å². The second-order valence-corrected chi connectivity index (χ2v) is 4.27. The van der Waals surface area contributed by atoms with E-state index in [1.165, 1.54) is 7.05 Å². The topological polar surface area (TPSA) is 43.1 Å². The van der Waals surface area contributed by atoms with Crippen molar-refractivity contribution in [2.24, 2.45) is 5.73 Å². The quantitative estimate of drug-likeness (QED) is 0.810. The van der Waals surface area contributed by atoms with Crippen LogP contribution in [0.3, 0.4) is 0 Å². The van der Waals surface area contributed by atoms with Crippen LogP contribution in [-0.2, 0) is 10.8 Å². The van der Waals surface area contributed by atoms with Gasteiger partial charge in [0.15, 0.2) is 0 Å². The van der Waals surface area contributed by atoms with Crippen molar-refractivity contribution in [3.63, 3.8) is 0 Å². The molecule has 17 heavy (non-hydrogen) atoms. The van der Waals surface area contributed by atoms with Crippen LogP contribution < -0.4 is 5.73 Å². The van der Waals surface area contributed by atoms with E-state index >= 15 is 0 Å². The van der Waals surface area contributed by atoms with Crippen LogP contribution in [0.1, 0.15) is 12.8 Å². The van der Waals surface area contributed by atoms with E-state index in [0.29, 0.717) is 0 Å². The normalized spacial score (nSPS) is 11.6. The molecular weight excluding hydrogens is 292 g/mol. The van der Waals surface area contributed by atoms with Crippen LogP contribution in [0.15, 0.2) is 0 Å². The van der Waals surface area contributed by atoms with Crippen LogP contribution in [0.2, 0.25) is 0 Å². The number of hydrogen-bond donors (Lipinski definition) is 1. The molecule has 0 heterocycles. The van der Waals surface area contributed by atoms with E-state index in [-0.39, 0.29) is 13.5 Å². The maximum atomic E-state index is 11.5. The van der Waals surface area contributed by atoms with Gasteiger partial charge in [-0.05, 0) is 7.05 Å². The Kier molecular flexibility index (Phi) is 13.1. The van der Waals surface area contributed by atoms with Gasteiger partial charge in [0, 0.05) is 22.3 Å². The van der Waals surface area contributed by atoms with Gasteiger partial charge in [-0.2, -0.15) is 39.8 Å². The lowest BCUT2D eigenvalue weighted by atomic mass is 10.5. The Morgan fingerprint density at radius 2 is 1.12 bits per heavy atom. The van der Waals surface area contributed by atoms with Crippen molar-refractivity contribution in [1.82, 2.24) is 0 Å². The second-order valence-electron chi connectivity index (χ2n) is 2.58. The van der Waals surface area contributed by atoms with Crippen LogP contribution in [-0.4, -0.2) is 35.1 Å². The zero-order valence-corrected chi connectivity index (χ0v) is 10.8. The summed E-state index contributed by atoms with van der Waals surface area (Å²) in [5, 5.41) is 0. The third kappa shape index (κ3) is 21.8. The molecule has 0 rings (SSSR count). The highest BCUT2D eigenvalue weighted by Crippen LogP contribution is 2.22. The molecule has 0 aliphatic heterocycles. The third-order valence-electron chi connectivity index (χ3n) is 1.23. The number of rotatable bonds is 4. The number of nitrogens with two attached hydrogens (primary N) is 1. The minimum atomic E-state index is -4.46. The Morgan fingerprint density at radius 1 is 0.882 bits per heavy atom. The van der Waals surface area contributed by atoms with E-state index < -0.39 is 47.5 Å². The van der Waals surface area contributed by atoms with Crippen molar-refractivity contribution in [3.8, 4) is 0 Å².